The Labute approximate surface area is 70.3 Å². The predicted octanol–water partition coefficient (Wildman–Crippen LogP) is -1.96. The van der Waals surface area contributed by atoms with Crippen molar-refractivity contribution in [2.75, 3.05) is 13.2 Å². The topological polar surface area (TPSA) is 98.0 Å². The summed E-state index contributed by atoms with van der Waals surface area (Å²) in [6.45, 7) is -0.797. The van der Waals surface area contributed by atoms with Crippen molar-refractivity contribution in [3.8, 4) is 0 Å². The minimum Gasteiger partial charge on any atom is -0.396 e. The Hall–Kier alpha value is -0.490. The second-order valence-electron chi connectivity index (χ2n) is 2.48. The van der Waals surface area contributed by atoms with E-state index in [1.807, 2.05) is 0 Å². The van der Waals surface area contributed by atoms with Crippen LogP contribution in [0.25, 0.3) is 0 Å². The summed E-state index contributed by atoms with van der Waals surface area (Å²) in [5, 5.41) is 34.5. The fourth-order valence-corrected chi connectivity index (χ4v) is 0.739. The Bertz CT molecular complexity index is 136. The molecule has 0 aromatic heterocycles. The van der Waals surface area contributed by atoms with E-state index in [9.17, 15) is 4.79 Å². The normalized spacial score (nSPS) is 15.7. The molecule has 2 atom stereocenters. The first-order valence-electron chi connectivity index (χ1n) is 3.75. The number of carbonyl (C=O) groups is 1. The standard InChI is InChI=1S/C7H14O5/c8-3-1-2-5(10)7(12)6(11)4-9/h5-6,8-11H,1-4H2. The average Bonchev–Trinajstić information content (AvgIpc) is 2.11. The predicted molar refractivity (Wildman–Crippen MR) is 40.4 cm³/mol. The van der Waals surface area contributed by atoms with Crippen LogP contribution in [0.3, 0.4) is 0 Å². The summed E-state index contributed by atoms with van der Waals surface area (Å²) in [6, 6.07) is 0. The number of hydrogen-bond acceptors (Lipinski definition) is 5. The fourth-order valence-electron chi connectivity index (χ4n) is 0.739. The summed E-state index contributed by atoms with van der Waals surface area (Å²) < 4.78 is 0. The van der Waals surface area contributed by atoms with Gasteiger partial charge in [-0.25, -0.2) is 0 Å². The molecule has 0 amide bonds. The first-order chi connectivity index (χ1) is 5.63. The van der Waals surface area contributed by atoms with Crippen molar-refractivity contribution in [1.82, 2.24) is 0 Å². The van der Waals surface area contributed by atoms with Gasteiger partial charge >= 0.3 is 0 Å². The summed E-state index contributed by atoms with van der Waals surface area (Å²) >= 11 is 0. The number of rotatable bonds is 6. The Morgan fingerprint density at radius 3 is 2.17 bits per heavy atom. The van der Waals surface area contributed by atoms with Crippen molar-refractivity contribution in [2.24, 2.45) is 0 Å². The van der Waals surface area contributed by atoms with Gasteiger partial charge in [-0.05, 0) is 12.8 Å². The van der Waals surface area contributed by atoms with E-state index in [2.05, 4.69) is 0 Å². The number of carbonyl (C=O) groups excluding carboxylic acids is 1. The van der Waals surface area contributed by atoms with Crippen molar-refractivity contribution in [1.29, 1.82) is 0 Å². The molecule has 0 saturated heterocycles. The molecule has 0 bridgehead atoms. The third-order valence-electron chi connectivity index (χ3n) is 1.47. The second kappa shape index (κ2) is 6.07. The lowest BCUT2D eigenvalue weighted by Crippen LogP contribution is -2.34. The van der Waals surface area contributed by atoms with Crippen LogP contribution in [0.2, 0.25) is 0 Å². The molecule has 0 aromatic carbocycles. The molecule has 12 heavy (non-hydrogen) atoms. The Morgan fingerprint density at radius 2 is 1.75 bits per heavy atom. The number of aliphatic hydroxyl groups is 4. The van der Waals surface area contributed by atoms with Crippen molar-refractivity contribution in [3.63, 3.8) is 0 Å². The molecule has 2 unspecified atom stereocenters. The van der Waals surface area contributed by atoms with Crippen molar-refractivity contribution in [2.45, 2.75) is 25.0 Å². The van der Waals surface area contributed by atoms with E-state index >= 15 is 0 Å². The Balaban J connectivity index is 3.75. The Morgan fingerprint density at radius 1 is 1.17 bits per heavy atom. The van der Waals surface area contributed by atoms with Gasteiger partial charge in [0, 0.05) is 6.61 Å². The summed E-state index contributed by atoms with van der Waals surface area (Å²) in [5.74, 6) is -0.800. The lowest BCUT2D eigenvalue weighted by Gasteiger charge is -2.11. The third-order valence-corrected chi connectivity index (χ3v) is 1.47. The molecule has 0 radical (unpaired) electrons. The van der Waals surface area contributed by atoms with Crippen LogP contribution < -0.4 is 0 Å². The molecule has 0 aliphatic heterocycles. The van der Waals surface area contributed by atoms with E-state index in [0.717, 1.165) is 0 Å². The summed E-state index contributed by atoms with van der Waals surface area (Å²) in [6.07, 6.45) is -2.41. The SMILES string of the molecule is O=C(C(O)CO)C(O)CCCO. The van der Waals surface area contributed by atoms with Gasteiger partial charge in [-0.15, -0.1) is 0 Å². The molecular weight excluding hydrogens is 164 g/mol. The first-order valence-corrected chi connectivity index (χ1v) is 3.75. The zero-order valence-corrected chi connectivity index (χ0v) is 6.68. The average molecular weight is 178 g/mol. The molecule has 0 heterocycles. The maximum Gasteiger partial charge on any atom is 0.191 e. The molecule has 0 aromatic rings. The minimum absolute atomic E-state index is 0.104. The fraction of sp³-hybridized carbons (Fsp3) is 0.857. The molecule has 5 nitrogen and oxygen atoms in total. The van der Waals surface area contributed by atoms with Gasteiger partial charge in [0.25, 0.3) is 0 Å². The lowest BCUT2D eigenvalue weighted by atomic mass is 10.1. The molecule has 0 saturated carbocycles. The van der Waals surface area contributed by atoms with Crippen molar-refractivity contribution < 1.29 is 25.2 Å². The molecule has 0 fully saturated rings. The molecule has 0 rings (SSSR count). The van der Waals surface area contributed by atoms with E-state index in [0.29, 0.717) is 6.42 Å². The van der Waals surface area contributed by atoms with Gasteiger partial charge in [-0.2, -0.15) is 0 Å². The van der Waals surface area contributed by atoms with Gasteiger partial charge in [-0.3, -0.25) is 4.79 Å². The number of aliphatic hydroxyl groups excluding tert-OH is 4. The van der Waals surface area contributed by atoms with Crippen molar-refractivity contribution >= 4 is 5.78 Å². The van der Waals surface area contributed by atoms with Crippen LogP contribution in [0.1, 0.15) is 12.8 Å². The summed E-state index contributed by atoms with van der Waals surface area (Å²) in [4.78, 5) is 10.8. The van der Waals surface area contributed by atoms with Crippen LogP contribution in [0.5, 0.6) is 0 Å². The van der Waals surface area contributed by atoms with Gasteiger partial charge in [0.05, 0.1) is 6.61 Å². The van der Waals surface area contributed by atoms with Gasteiger partial charge < -0.3 is 20.4 Å². The maximum atomic E-state index is 10.8. The highest BCUT2D eigenvalue weighted by molar-refractivity contribution is 5.86. The van der Waals surface area contributed by atoms with Gasteiger partial charge in [0.1, 0.15) is 12.2 Å². The van der Waals surface area contributed by atoms with Gasteiger partial charge in [-0.1, -0.05) is 0 Å². The third kappa shape index (κ3) is 3.77. The van der Waals surface area contributed by atoms with Crippen LogP contribution in [0, 0.1) is 0 Å². The van der Waals surface area contributed by atoms with E-state index < -0.39 is 24.6 Å². The lowest BCUT2D eigenvalue weighted by molar-refractivity contribution is -0.137. The van der Waals surface area contributed by atoms with Crippen LogP contribution in [-0.4, -0.2) is 51.6 Å². The van der Waals surface area contributed by atoms with Crippen LogP contribution in [0.4, 0.5) is 0 Å². The molecule has 0 aliphatic carbocycles. The van der Waals surface area contributed by atoms with Gasteiger partial charge in [0.15, 0.2) is 5.78 Å². The highest BCUT2D eigenvalue weighted by atomic mass is 16.3. The summed E-state index contributed by atoms with van der Waals surface area (Å²) in [7, 11) is 0. The van der Waals surface area contributed by atoms with E-state index in [1.165, 1.54) is 0 Å². The smallest absolute Gasteiger partial charge is 0.191 e. The second-order valence-corrected chi connectivity index (χ2v) is 2.48. The monoisotopic (exact) mass is 178 g/mol. The first kappa shape index (κ1) is 11.5. The Kier molecular flexibility index (Phi) is 5.83. The number of hydrogen-bond donors (Lipinski definition) is 4. The van der Waals surface area contributed by atoms with E-state index in [4.69, 9.17) is 20.4 Å². The zero-order valence-electron chi connectivity index (χ0n) is 6.68. The molecule has 0 spiro atoms. The quantitative estimate of drug-likeness (QED) is 0.378. The summed E-state index contributed by atoms with van der Waals surface area (Å²) in [5.41, 5.74) is 0. The van der Waals surface area contributed by atoms with Crippen LogP contribution in [0.15, 0.2) is 0 Å². The minimum atomic E-state index is -1.52. The maximum absolute atomic E-state index is 10.8. The van der Waals surface area contributed by atoms with Crippen molar-refractivity contribution in [3.05, 3.63) is 0 Å². The van der Waals surface area contributed by atoms with Crippen LogP contribution >= 0.6 is 0 Å². The largest absolute Gasteiger partial charge is 0.396 e. The zero-order chi connectivity index (χ0) is 9.56. The number of Topliss-reactive ketones (excluding diaryl/α,β-unsaturated/α-hetero) is 1. The van der Waals surface area contributed by atoms with E-state index in [-0.39, 0.29) is 13.0 Å². The molecule has 5 heteroatoms. The molecular formula is C7H14O5. The van der Waals surface area contributed by atoms with Gasteiger partial charge in [0.2, 0.25) is 0 Å². The van der Waals surface area contributed by atoms with E-state index in [1.54, 1.807) is 0 Å². The molecule has 4 N–H and O–H groups in total. The molecule has 72 valence electrons. The van der Waals surface area contributed by atoms with Crippen LogP contribution in [-0.2, 0) is 4.79 Å². The highest BCUT2D eigenvalue weighted by Crippen LogP contribution is 2.00. The molecule has 0 aliphatic rings. The number of ketones is 1. The highest BCUT2D eigenvalue weighted by Gasteiger charge is 2.21.